The molecule has 0 saturated heterocycles. The zero-order valence-corrected chi connectivity index (χ0v) is 48.8. The quantitative estimate of drug-likeness (QED) is 0.0902. The summed E-state index contributed by atoms with van der Waals surface area (Å²) in [7, 11) is 0. The first-order valence-corrected chi connectivity index (χ1v) is 26.8. The molecule has 0 spiro atoms. The van der Waals surface area contributed by atoms with Crippen molar-refractivity contribution in [3.8, 4) is 33.8 Å². The van der Waals surface area contributed by atoms with Crippen molar-refractivity contribution in [2.75, 3.05) is 16.3 Å². The zero-order chi connectivity index (χ0) is 55.5. The van der Waals surface area contributed by atoms with Gasteiger partial charge in [0.2, 0.25) is 0 Å². The number of anilines is 3. The molecule has 1 aliphatic rings. The van der Waals surface area contributed by atoms with Crippen LogP contribution < -0.4 is 14.5 Å². The number of hydrogen-bond acceptors (Lipinski definition) is 4. The summed E-state index contributed by atoms with van der Waals surface area (Å²) in [4.78, 5) is 9.46. The molecule has 1 aliphatic heterocycles. The first kappa shape index (κ1) is 50.4. The Morgan fingerprint density at radius 3 is 2.03 bits per heavy atom. The van der Waals surface area contributed by atoms with Gasteiger partial charge >= 0.3 is 0 Å². The summed E-state index contributed by atoms with van der Waals surface area (Å²) in [5.41, 5.74) is 16.0. The van der Waals surface area contributed by atoms with Crippen LogP contribution in [0.1, 0.15) is 139 Å². The Bertz CT molecular complexity index is 3660. The first-order chi connectivity index (χ1) is 36.8. The van der Waals surface area contributed by atoms with Gasteiger partial charge in [-0.2, -0.15) is 37.0 Å². The Kier molecular flexibility index (Phi) is 14.1. The van der Waals surface area contributed by atoms with Gasteiger partial charge in [-0.1, -0.05) is 167 Å². The minimum absolute atomic E-state index is 0. The van der Waals surface area contributed by atoms with Crippen LogP contribution in [0, 0.1) is 25.7 Å². The molecular formula is C70H75N4OPt-3. The summed E-state index contributed by atoms with van der Waals surface area (Å²) in [5.74, 6) is 1.51. The van der Waals surface area contributed by atoms with E-state index >= 15 is 0 Å². The second-order valence-corrected chi connectivity index (χ2v) is 24.7. The fourth-order valence-electron chi connectivity index (χ4n) is 10.6. The van der Waals surface area contributed by atoms with Crippen LogP contribution in [0.3, 0.4) is 0 Å². The van der Waals surface area contributed by atoms with E-state index in [9.17, 15) is 0 Å². The van der Waals surface area contributed by atoms with Crippen molar-refractivity contribution >= 4 is 38.9 Å². The number of para-hydroxylation sites is 2. The number of pyridine rings is 1. The van der Waals surface area contributed by atoms with Crippen LogP contribution in [-0.4, -0.2) is 16.1 Å². The monoisotopic (exact) mass is 1190 g/mol. The van der Waals surface area contributed by atoms with Crippen molar-refractivity contribution in [1.29, 1.82) is 0 Å². The van der Waals surface area contributed by atoms with Gasteiger partial charge in [-0.25, -0.2) is 4.98 Å². The van der Waals surface area contributed by atoms with Gasteiger partial charge in [-0.3, -0.25) is 0 Å². The average Bonchev–Trinajstić information content (AvgIpc) is 4.17. The Labute approximate surface area is 472 Å². The van der Waals surface area contributed by atoms with Gasteiger partial charge < -0.3 is 19.1 Å². The normalized spacial score (nSPS) is 13.9. The van der Waals surface area contributed by atoms with Crippen molar-refractivity contribution in [3.05, 3.63) is 210 Å². The van der Waals surface area contributed by atoms with Crippen molar-refractivity contribution in [2.45, 2.75) is 137 Å². The first-order valence-electron chi connectivity index (χ1n) is 28.3. The Balaban J connectivity index is 0.00000757. The van der Waals surface area contributed by atoms with Crippen molar-refractivity contribution in [2.24, 2.45) is 0 Å². The fourth-order valence-corrected chi connectivity index (χ4v) is 10.6. The molecule has 0 unspecified atom stereocenters. The average molecular weight is 1190 g/mol. The summed E-state index contributed by atoms with van der Waals surface area (Å²) in [5, 5.41) is 2.33. The van der Waals surface area contributed by atoms with E-state index in [1.807, 2.05) is 24.4 Å². The minimum Gasteiger partial charge on any atom is -0.517 e. The van der Waals surface area contributed by atoms with E-state index < -0.39 is 6.85 Å². The molecule has 9 aromatic rings. The largest absolute Gasteiger partial charge is 0.517 e. The summed E-state index contributed by atoms with van der Waals surface area (Å²) in [6, 6.07) is 58.8. The Morgan fingerprint density at radius 1 is 0.605 bits per heavy atom. The van der Waals surface area contributed by atoms with E-state index in [0.717, 1.165) is 97.6 Å². The van der Waals surface area contributed by atoms with E-state index in [-0.39, 0.29) is 42.7 Å². The third-order valence-electron chi connectivity index (χ3n) is 14.9. The van der Waals surface area contributed by atoms with Crippen LogP contribution in [0.4, 0.5) is 17.1 Å². The van der Waals surface area contributed by atoms with Crippen LogP contribution in [0.15, 0.2) is 152 Å². The van der Waals surface area contributed by atoms with Crippen LogP contribution >= 0.6 is 0 Å². The van der Waals surface area contributed by atoms with Gasteiger partial charge in [0.15, 0.2) is 0 Å². The smallest absolute Gasteiger partial charge is 0.135 e. The van der Waals surface area contributed by atoms with E-state index in [2.05, 4.69) is 244 Å². The molecule has 6 heteroatoms. The molecular weight excluding hydrogens is 1110 g/mol. The van der Waals surface area contributed by atoms with Gasteiger partial charge in [0.1, 0.15) is 5.82 Å². The summed E-state index contributed by atoms with van der Waals surface area (Å²) < 4.78 is 35.6. The van der Waals surface area contributed by atoms with Gasteiger partial charge in [-0.05, 0) is 152 Å². The molecule has 0 atom stereocenters. The SMILES string of the molecule is [2H]C([2H])([2H])c1cc(C(C)(C)C)cc(-c2cc(-c3ccccc3)cc(C(C)(C)C)c2)c1CCCCN1[CH-]N(c2[c-]c(COc3[c-]c4c(cc3)c3c(C(C)(C)C)cccc3n4-c3cc(C(C)(C)C)ccn3)ccc2)c2ccccc21.[Pt]. The molecule has 0 saturated carbocycles. The number of fused-ring (bicyclic) bond motifs is 4. The topological polar surface area (TPSA) is 33.5 Å². The molecule has 0 bridgehead atoms. The standard InChI is InChI=1S/C70H75N4O.Pt/c1-47-37-53(68(5,6)7)42-59(51-39-50(49-24-15-14-16-25-49)40-54(41-51)69(8,9)10)57(47)27-19-20-36-72-46-73(62-30-18-17-29-61(62)72)55-26-21-23-48(38-55)45-75-56-32-33-58-64(44-56)74(65-43-52(34-35-71-65)67(2,3)4)63-31-22-28-60(66(58)63)70(11,12)13;/h14-18,21-26,28-35,37,39-43,46H,19-20,27,36,45H2,1-13H3;/q-3;/i1D3;. The zero-order valence-electron chi connectivity index (χ0n) is 49.6. The summed E-state index contributed by atoms with van der Waals surface area (Å²) in [6.45, 7) is 27.7. The second kappa shape index (κ2) is 21.2. The number of ether oxygens (including phenoxy) is 1. The predicted molar refractivity (Wildman–Crippen MR) is 317 cm³/mol. The van der Waals surface area contributed by atoms with E-state index in [0.29, 0.717) is 24.3 Å². The molecule has 0 amide bonds. The van der Waals surface area contributed by atoms with Crippen molar-refractivity contribution in [1.82, 2.24) is 9.55 Å². The number of rotatable bonds is 12. The molecule has 3 heterocycles. The van der Waals surface area contributed by atoms with Crippen molar-refractivity contribution < 1.29 is 29.9 Å². The van der Waals surface area contributed by atoms with Crippen molar-refractivity contribution in [3.63, 3.8) is 0 Å². The van der Waals surface area contributed by atoms with E-state index in [1.165, 1.54) is 22.1 Å². The number of aryl methyl sites for hydroxylation is 1. The van der Waals surface area contributed by atoms with E-state index in [1.54, 1.807) is 0 Å². The maximum Gasteiger partial charge on any atom is 0.135 e. The number of unbranched alkanes of at least 4 members (excludes halogenated alkanes) is 1. The molecule has 2 aromatic heterocycles. The Hall–Kier alpha value is -6.42. The molecule has 0 fully saturated rings. The van der Waals surface area contributed by atoms with E-state index in [4.69, 9.17) is 13.8 Å². The molecule has 7 aromatic carbocycles. The number of nitrogens with zero attached hydrogens (tertiary/aromatic N) is 4. The predicted octanol–water partition coefficient (Wildman–Crippen LogP) is 18.3. The van der Waals surface area contributed by atoms with Crippen LogP contribution in [-0.2, 0) is 55.8 Å². The maximum atomic E-state index is 8.91. The summed E-state index contributed by atoms with van der Waals surface area (Å²) in [6.07, 6.45) is 4.21. The molecule has 394 valence electrons. The molecule has 0 radical (unpaired) electrons. The summed E-state index contributed by atoms with van der Waals surface area (Å²) >= 11 is 0. The van der Waals surface area contributed by atoms with Crippen LogP contribution in [0.25, 0.3) is 49.9 Å². The number of benzene rings is 7. The van der Waals surface area contributed by atoms with Crippen LogP contribution in [0.5, 0.6) is 5.75 Å². The molecule has 0 aliphatic carbocycles. The molecule has 76 heavy (non-hydrogen) atoms. The van der Waals surface area contributed by atoms with Gasteiger partial charge in [-0.15, -0.1) is 28.8 Å². The third-order valence-corrected chi connectivity index (χ3v) is 14.9. The number of aromatic nitrogens is 2. The number of hydrogen-bond donors (Lipinski definition) is 0. The molecule has 10 rings (SSSR count). The molecule has 5 nitrogen and oxygen atoms in total. The van der Waals surface area contributed by atoms with Gasteiger partial charge in [0.05, 0.1) is 6.61 Å². The Morgan fingerprint density at radius 2 is 1.30 bits per heavy atom. The second-order valence-electron chi connectivity index (χ2n) is 24.7. The minimum atomic E-state index is -2.28. The van der Waals surface area contributed by atoms with Gasteiger partial charge in [0, 0.05) is 54.0 Å². The van der Waals surface area contributed by atoms with Crippen LogP contribution in [0.2, 0.25) is 0 Å². The molecule has 0 N–H and O–H groups in total. The maximum absolute atomic E-state index is 8.91. The fraction of sp³-hybridized carbons (Fsp3) is 0.314. The van der Waals surface area contributed by atoms with Gasteiger partial charge in [0.25, 0.3) is 0 Å². The third kappa shape index (κ3) is 11.2.